The van der Waals surface area contributed by atoms with Crippen molar-refractivity contribution in [2.45, 2.75) is 13.5 Å². The molecule has 2 aromatic heterocycles. The van der Waals surface area contributed by atoms with Crippen molar-refractivity contribution in [3.8, 4) is 0 Å². The van der Waals surface area contributed by atoms with Crippen LogP contribution in [0.5, 0.6) is 0 Å². The van der Waals surface area contributed by atoms with Crippen molar-refractivity contribution in [3.05, 3.63) is 17.5 Å². The van der Waals surface area contributed by atoms with E-state index in [1.165, 1.54) is 0 Å². The average Bonchev–Trinajstić information content (AvgIpc) is 2.81. The predicted molar refractivity (Wildman–Crippen MR) is 70.5 cm³/mol. The van der Waals surface area contributed by atoms with Gasteiger partial charge in [0, 0.05) is 20.2 Å². The Kier molecular flexibility index (Phi) is 3.76. The highest BCUT2D eigenvalue weighted by molar-refractivity contribution is 5.42. The van der Waals surface area contributed by atoms with Crippen LogP contribution < -0.4 is 21.5 Å². The molecule has 0 fully saturated rings. The molecule has 0 aliphatic heterocycles. The van der Waals surface area contributed by atoms with Crippen molar-refractivity contribution in [1.29, 1.82) is 0 Å². The second-order valence-corrected chi connectivity index (χ2v) is 4.11. The molecule has 4 N–H and O–H groups in total. The lowest BCUT2D eigenvalue weighted by Gasteiger charge is -2.12. The van der Waals surface area contributed by atoms with Crippen molar-refractivity contribution >= 4 is 17.8 Å². The second kappa shape index (κ2) is 5.48. The maximum Gasteiger partial charge on any atom is 0.243 e. The molecule has 0 atom stereocenters. The topological polar surface area (TPSA) is 118 Å². The van der Waals surface area contributed by atoms with Gasteiger partial charge in [-0.3, -0.25) is 5.43 Å². The van der Waals surface area contributed by atoms with Crippen LogP contribution in [0.25, 0.3) is 0 Å². The van der Waals surface area contributed by atoms with E-state index in [0.717, 1.165) is 5.69 Å². The summed E-state index contributed by atoms with van der Waals surface area (Å²) in [5, 5.41) is 6.83. The van der Waals surface area contributed by atoms with Gasteiger partial charge in [-0.2, -0.15) is 15.0 Å². The van der Waals surface area contributed by atoms with E-state index in [-0.39, 0.29) is 5.95 Å². The zero-order valence-electron chi connectivity index (χ0n) is 11.0. The van der Waals surface area contributed by atoms with Crippen LogP contribution in [0.2, 0.25) is 0 Å². The van der Waals surface area contributed by atoms with E-state index in [4.69, 9.17) is 10.4 Å². The SMILES string of the molecule is Cc1cc(CNc2nc(NN)nc(N(C)C)n2)on1. The summed E-state index contributed by atoms with van der Waals surface area (Å²) in [6.07, 6.45) is 0. The minimum Gasteiger partial charge on any atom is -0.359 e. The Balaban J connectivity index is 2.12. The molecule has 2 rings (SSSR count). The number of nitrogens with zero attached hydrogens (tertiary/aromatic N) is 5. The first kappa shape index (κ1) is 13.0. The Hall–Kier alpha value is -2.42. The largest absolute Gasteiger partial charge is 0.359 e. The minimum atomic E-state index is 0.287. The van der Waals surface area contributed by atoms with Gasteiger partial charge in [0.2, 0.25) is 17.8 Å². The van der Waals surface area contributed by atoms with Crippen molar-refractivity contribution in [2.24, 2.45) is 5.84 Å². The summed E-state index contributed by atoms with van der Waals surface area (Å²) in [5.74, 6) is 7.21. The number of aryl methyl sites for hydroxylation is 1. The number of nitrogens with two attached hydrogens (primary N) is 1. The quantitative estimate of drug-likeness (QED) is 0.511. The summed E-state index contributed by atoms with van der Waals surface area (Å²) in [6, 6.07) is 1.84. The number of hydrogen-bond acceptors (Lipinski definition) is 9. The van der Waals surface area contributed by atoms with Crippen molar-refractivity contribution in [2.75, 3.05) is 29.7 Å². The number of hydrogen-bond donors (Lipinski definition) is 3. The van der Waals surface area contributed by atoms with Gasteiger partial charge in [0.25, 0.3) is 0 Å². The fourth-order valence-corrected chi connectivity index (χ4v) is 1.37. The number of hydrazine groups is 1. The standard InChI is InChI=1S/C10H16N8O/c1-6-4-7(19-17-6)5-12-8-13-9(16-11)15-10(14-8)18(2)3/h4H,5,11H2,1-3H3,(H2,12,13,14,15,16). The van der Waals surface area contributed by atoms with Crippen LogP contribution in [-0.2, 0) is 6.54 Å². The fourth-order valence-electron chi connectivity index (χ4n) is 1.37. The van der Waals surface area contributed by atoms with E-state index in [1.54, 1.807) is 4.90 Å². The number of rotatable bonds is 5. The Labute approximate surface area is 110 Å². The van der Waals surface area contributed by atoms with Crippen molar-refractivity contribution in [1.82, 2.24) is 20.1 Å². The van der Waals surface area contributed by atoms with E-state index in [9.17, 15) is 0 Å². The number of anilines is 3. The molecule has 0 spiro atoms. The third kappa shape index (κ3) is 3.28. The van der Waals surface area contributed by atoms with Gasteiger partial charge in [0.05, 0.1) is 12.2 Å². The van der Waals surface area contributed by atoms with Crippen LogP contribution in [0.15, 0.2) is 10.6 Å². The lowest BCUT2D eigenvalue weighted by molar-refractivity contribution is 0.384. The highest BCUT2D eigenvalue weighted by Crippen LogP contribution is 2.12. The van der Waals surface area contributed by atoms with Gasteiger partial charge in [-0.1, -0.05) is 5.16 Å². The Morgan fingerprint density at radius 1 is 1.26 bits per heavy atom. The molecular formula is C10H16N8O. The molecule has 0 aromatic carbocycles. The van der Waals surface area contributed by atoms with Gasteiger partial charge in [-0.25, -0.2) is 5.84 Å². The Bertz CT molecular complexity index is 552. The summed E-state index contributed by atoms with van der Waals surface area (Å²) in [5.41, 5.74) is 3.23. The summed E-state index contributed by atoms with van der Waals surface area (Å²) in [6.45, 7) is 2.29. The molecule has 0 radical (unpaired) electrons. The maximum atomic E-state index is 5.32. The highest BCUT2D eigenvalue weighted by atomic mass is 16.5. The van der Waals surface area contributed by atoms with Crippen LogP contribution in [0, 0.1) is 6.92 Å². The maximum absolute atomic E-state index is 5.32. The normalized spacial score (nSPS) is 10.3. The Morgan fingerprint density at radius 2 is 2.00 bits per heavy atom. The smallest absolute Gasteiger partial charge is 0.243 e. The van der Waals surface area contributed by atoms with Gasteiger partial charge in [0.1, 0.15) is 0 Å². The van der Waals surface area contributed by atoms with Crippen LogP contribution in [0.3, 0.4) is 0 Å². The van der Waals surface area contributed by atoms with Crippen molar-refractivity contribution < 1.29 is 4.52 Å². The molecule has 0 aliphatic rings. The van der Waals surface area contributed by atoms with Gasteiger partial charge < -0.3 is 14.7 Å². The first-order chi connectivity index (χ1) is 9.08. The summed E-state index contributed by atoms with van der Waals surface area (Å²) < 4.78 is 5.09. The highest BCUT2D eigenvalue weighted by Gasteiger charge is 2.08. The van der Waals surface area contributed by atoms with Gasteiger partial charge >= 0.3 is 0 Å². The fraction of sp³-hybridized carbons (Fsp3) is 0.400. The number of nitrogen functional groups attached to an aromatic ring is 1. The molecule has 0 aliphatic carbocycles. The lowest BCUT2D eigenvalue weighted by atomic mass is 10.4. The molecule has 0 unspecified atom stereocenters. The summed E-state index contributed by atoms with van der Waals surface area (Å²) in [7, 11) is 3.67. The zero-order valence-corrected chi connectivity index (χ0v) is 11.0. The number of aromatic nitrogens is 4. The van der Waals surface area contributed by atoms with Gasteiger partial charge in [-0.15, -0.1) is 0 Å². The minimum absolute atomic E-state index is 0.287. The van der Waals surface area contributed by atoms with Crippen molar-refractivity contribution in [3.63, 3.8) is 0 Å². The van der Waals surface area contributed by atoms with Crippen LogP contribution in [-0.4, -0.2) is 34.2 Å². The molecule has 102 valence electrons. The molecule has 0 amide bonds. The first-order valence-electron chi connectivity index (χ1n) is 5.64. The van der Waals surface area contributed by atoms with Gasteiger partial charge in [0.15, 0.2) is 5.76 Å². The monoisotopic (exact) mass is 264 g/mol. The third-order valence-electron chi connectivity index (χ3n) is 2.25. The van der Waals surface area contributed by atoms with E-state index in [0.29, 0.717) is 24.2 Å². The zero-order chi connectivity index (χ0) is 13.8. The van der Waals surface area contributed by atoms with Crippen LogP contribution in [0.1, 0.15) is 11.5 Å². The first-order valence-corrected chi connectivity index (χ1v) is 5.64. The molecule has 9 heteroatoms. The molecule has 2 aromatic rings. The van der Waals surface area contributed by atoms with Gasteiger partial charge in [-0.05, 0) is 6.92 Å². The molecule has 0 saturated carbocycles. The van der Waals surface area contributed by atoms with Crippen LogP contribution >= 0.6 is 0 Å². The van der Waals surface area contributed by atoms with E-state index >= 15 is 0 Å². The summed E-state index contributed by atoms with van der Waals surface area (Å²) >= 11 is 0. The molecule has 19 heavy (non-hydrogen) atoms. The third-order valence-corrected chi connectivity index (χ3v) is 2.25. The van der Waals surface area contributed by atoms with Crippen LogP contribution in [0.4, 0.5) is 17.8 Å². The van der Waals surface area contributed by atoms with E-state index in [1.807, 2.05) is 27.1 Å². The Morgan fingerprint density at radius 3 is 2.58 bits per heavy atom. The average molecular weight is 264 g/mol. The second-order valence-electron chi connectivity index (χ2n) is 4.11. The lowest BCUT2D eigenvalue weighted by Crippen LogP contribution is -2.19. The molecule has 0 bridgehead atoms. The molecule has 0 saturated heterocycles. The number of nitrogens with one attached hydrogen (secondary N) is 2. The summed E-state index contributed by atoms with van der Waals surface area (Å²) in [4.78, 5) is 14.2. The van der Waals surface area contributed by atoms with E-state index in [2.05, 4.69) is 30.9 Å². The predicted octanol–water partition coefficient (Wildman–Crippen LogP) is 0.132. The molecule has 2 heterocycles. The van der Waals surface area contributed by atoms with E-state index < -0.39 is 0 Å². The molecule has 9 nitrogen and oxygen atoms in total. The molecular weight excluding hydrogens is 248 g/mol.